The van der Waals surface area contributed by atoms with Crippen molar-refractivity contribution in [3.8, 4) is 0 Å². The van der Waals surface area contributed by atoms with Crippen LogP contribution < -0.4 is 21.3 Å². The van der Waals surface area contributed by atoms with Crippen molar-refractivity contribution < 1.29 is 22.7 Å². The number of likely N-dealkylation sites (N-methyl/N-ethyl adjacent to an activating group) is 1. The number of ether oxygens (including phenoxy) is 1. The maximum atomic E-state index is 12.9. The number of rotatable bonds is 5. The Hall–Kier alpha value is -2.23. The third kappa shape index (κ3) is 4.26. The number of carbonyl (C=O) groups is 1. The molecule has 1 aromatic heterocycles. The molecule has 1 saturated heterocycles. The minimum absolute atomic E-state index is 0.0275. The first kappa shape index (κ1) is 20.5. The Kier molecular flexibility index (Phi) is 5.87. The second kappa shape index (κ2) is 8.02. The van der Waals surface area contributed by atoms with E-state index in [-0.39, 0.29) is 30.8 Å². The van der Waals surface area contributed by atoms with Crippen molar-refractivity contribution in [2.24, 2.45) is 5.92 Å². The van der Waals surface area contributed by atoms with E-state index >= 15 is 0 Å². The highest BCUT2D eigenvalue weighted by Crippen LogP contribution is 2.37. The summed E-state index contributed by atoms with van der Waals surface area (Å²) in [6, 6.07) is 1.37. The van der Waals surface area contributed by atoms with Gasteiger partial charge in [-0.2, -0.15) is 13.2 Å². The van der Waals surface area contributed by atoms with Crippen molar-refractivity contribution >= 4 is 23.2 Å². The highest BCUT2D eigenvalue weighted by Gasteiger charge is 2.41. The van der Waals surface area contributed by atoms with Gasteiger partial charge in [-0.3, -0.25) is 4.79 Å². The number of carbonyl (C=O) groups excluding carboxylic acids is 1. The summed E-state index contributed by atoms with van der Waals surface area (Å²) in [6.45, 7) is 1.08. The quantitative estimate of drug-likeness (QED) is 0.702. The third-order valence-electron chi connectivity index (χ3n) is 5.54. The number of alkyl halides is 3. The molecule has 7 nitrogen and oxygen atoms in total. The number of nitrogen functional groups attached to an aromatic ring is 1. The van der Waals surface area contributed by atoms with Gasteiger partial charge in [0, 0.05) is 20.1 Å². The molecule has 1 amide bonds. The molecular weight excluding hydrogens is 375 g/mol. The van der Waals surface area contributed by atoms with Crippen molar-refractivity contribution in [1.29, 1.82) is 0 Å². The van der Waals surface area contributed by atoms with Crippen molar-refractivity contribution in [3.63, 3.8) is 0 Å². The molecule has 1 aliphatic carbocycles. The maximum Gasteiger partial charge on any atom is 0.391 e. The molecule has 10 heteroatoms. The molecule has 2 heterocycles. The summed E-state index contributed by atoms with van der Waals surface area (Å²) in [5.41, 5.74) is 6.63. The fourth-order valence-corrected chi connectivity index (χ4v) is 3.60. The van der Waals surface area contributed by atoms with Crippen molar-refractivity contribution in [3.05, 3.63) is 11.6 Å². The van der Waals surface area contributed by atoms with Crippen molar-refractivity contribution in [2.75, 3.05) is 43.3 Å². The van der Waals surface area contributed by atoms with Gasteiger partial charge in [0.05, 0.1) is 36.4 Å². The number of nitrogens with two attached hydrogens (primary N) is 1. The Morgan fingerprint density at radius 1 is 1.29 bits per heavy atom. The Balaban J connectivity index is 1.74. The SMILES string of the molecule is CNc1nc(N(C)C2COC2)c(C(=O)NC2CCC(C(F)(F)F)CC2)cc1N. The number of anilines is 3. The highest BCUT2D eigenvalue weighted by atomic mass is 19.4. The summed E-state index contributed by atoms with van der Waals surface area (Å²) >= 11 is 0. The van der Waals surface area contributed by atoms with E-state index in [0.29, 0.717) is 48.9 Å². The minimum Gasteiger partial charge on any atom is -0.396 e. The van der Waals surface area contributed by atoms with Crippen LogP contribution in [0.5, 0.6) is 0 Å². The van der Waals surface area contributed by atoms with Crippen LogP contribution in [0.3, 0.4) is 0 Å². The first-order valence-electron chi connectivity index (χ1n) is 9.37. The molecule has 0 bridgehead atoms. The zero-order valence-corrected chi connectivity index (χ0v) is 16.0. The van der Waals surface area contributed by atoms with Gasteiger partial charge in [0.2, 0.25) is 0 Å². The Morgan fingerprint density at radius 3 is 2.43 bits per heavy atom. The molecule has 2 aliphatic rings. The number of pyridine rings is 1. The lowest BCUT2D eigenvalue weighted by Crippen LogP contribution is -2.48. The number of amides is 1. The molecule has 0 unspecified atom stereocenters. The number of hydrogen-bond donors (Lipinski definition) is 3. The zero-order valence-electron chi connectivity index (χ0n) is 16.0. The molecule has 156 valence electrons. The van der Waals surface area contributed by atoms with E-state index in [2.05, 4.69) is 15.6 Å². The number of nitrogens with one attached hydrogen (secondary N) is 2. The maximum absolute atomic E-state index is 12.9. The summed E-state index contributed by atoms with van der Waals surface area (Å²) in [7, 11) is 3.52. The fourth-order valence-electron chi connectivity index (χ4n) is 3.60. The van der Waals surface area contributed by atoms with Gasteiger partial charge in [0.1, 0.15) is 5.82 Å². The topological polar surface area (TPSA) is 92.5 Å². The van der Waals surface area contributed by atoms with Gasteiger partial charge in [-0.15, -0.1) is 0 Å². The molecule has 1 aliphatic heterocycles. The molecule has 0 spiro atoms. The molecule has 0 aromatic carbocycles. The van der Waals surface area contributed by atoms with Crippen LogP contribution in [0.25, 0.3) is 0 Å². The Bertz CT molecular complexity index is 716. The zero-order chi connectivity index (χ0) is 20.5. The largest absolute Gasteiger partial charge is 0.396 e. The molecule has 1 saturated carbocycles. The van der Waals surface area contributed by atoms with Gasteiger partial charge in [0.15, 0.2) is 5.82 Å². The highest BCUT2D eigenvalue weighted by molar-refractivity contribution is 6.00. The molecule has 3 rings (SSSR count). The first-order chi connectivity index (χ1) is 13.2. The number of aromatic nitrogens is 1. The fraction of sp³-hybridized carbons (Fsp3) is 0.667. The average Bonchev–Trinajstić information content (AvgIpc) is 2.59. The predicted molar refractivity (Wildman–Crippen MR) is 100 cm³/mol. The van der Waals surface area contributed by atoms with E-state index in [0.717, 1.165) is 0 Å². The van der Waals surface area contributed by atoms with E-state index in [4.69, 9.17) is 10.5 Å². The van der Waals surface area contributed by atoms with Gasteiger partial charge in [-0.25, -0.2) is 4.98 Å². The normalized spacial score (nSPS) is 23.0. The molecule has 1 aromatic rings. The molecule has 28 heavy (non-hydrogen) atoms. The van der Waals surface area contributed by atoms with Crippen molar-refractivity contribution in [2.45, 2.75) is 43.9 Å². The summed E-state index contributed by atoms with van der Waals surface area (Å²) in [5, 5.41) is 5.76. The Morgan fingerprint density at radius 2 is 1.93 bits per heavy atom. The van der Waals surface area contributed by atoms with Crippen LogP contribution in [0.15, 0.2) is 6.07 Å². The van der Waals surface area contributed by atoms with Gasteiger partial charge in [-0.05, 0) is 31.7 Å². The smallest absolute Gasteiger partial charge is 0.391 e. The third-order valence-corrected chi connectivity index (χ3v) is 5.54. The standard InChI is InChI=1S/C18H26F3N5O2/c1-23-15-14(22)7-13(16(25-15)26(2)12-8-28-9-12)17(27)24-11-5-3-10(4-6-11)18(19,20)21/h7,10-12H,3-6,8-9,22H2,1-2H3,(H,23,25)(H,24,27). The number of nitrogens with zero attached hydrogens (tertiary/aromatic N) is 2. The van der Waals surface area contributed by atoms with E-state index < -0.39 is 12.1 Å². The molecule has 0 radical (unpaired) electrons. The van der Waals surface area contributed by atoms with Crippen LogP contribution in [0.4, 0.5) is 30.5 Å². The molecule has 0 atom stereocenters. The molecule has 2 fully saturated rings. The van der Waals surface area contributed by atoms with Gasteiger partial charge in [0.25, 0.3) is 5.91 Å². The van der Waals surface area contributed by atoms with E-state index in [1.165, 1.54) is 0 Å². The van der Waals surface area contributed by atoms with Gasteiger partial charge >= 0.3 is 6.18 Å². The lowest BCUT2D eigenvalue weighted by molar-refractivity contribution is -0.182. The lowest BCUT2D eigenvalue weighted by Gasteiger charge is -2.36. The van der Waals surface area contributed by atoms with Crippen LogP contribution in [0.1, 0.15) is 36.0 Å². The van der Waals surface area contributed by atoms with E-state index in [1.54, 1.807) is 13.1 Å². The average molecular weight is 401 g/mol. The van der Waals surface area contributed by atoms with Crippen LogP contribution >= 0.6 is 0 Å². The minimum atomic E-state index is -4.17. The van der Waals surface area contributed by atoms with Crippen LogP contribution in [0, 0.1) is 5.92 Å². The predicted octanol–water partition coefficient (Wildman–Crippen LogP) is 2.39. The van der Waals surface area contributed by atoms with Gasteiger partial charge < -0.3 is 26.0 Å². The first-order valence-corrected chi connectivity index (χ1v) is 9.37. The summed E-state index contributed by atoms with van der Waals surface area (Å²) in [6.07, 6.45) is -3.51. The summed E-state index contributed by atoms with van der Waals surface area (Å²) < 4.78 is 43.7. The summed E-state index contributed by atoms with van der Waals surface area (Å²) in [4.78, 5) is 19.2. The van der Waals surface area contributed by atoms with Crippen molar-refractivity contribution in [1.82, 2.24) is 10.3 Å². The number of halogens is 3. The Labute approximate surface area is 161 Å². The van der Waals surface area contributed by atoms with E-state index in [9.17, 15) is 18.0 Å². The number of hydrogen-bond acceptors (Lipinski definition) is 6. The van der Waals surface area contributed by atoms with Crippen LogP contribution in [0.2, 0.25) is 0 Å². The van der Waals surface area contributed by atoms with E-state index in [1.807, 2.05) is 11.9 Å². The van der Waals surface area contributed by atoms with Crippen LogP contribution in [-0.4, -0.2) is 56.5 Å². The lowest BCUT2D eigenvalue weighted by atomic mass is 9.85. The van der Waals surface area contributed by atoms with Crippen LogP contribution in [-0.2, 0) is 4.74 Å². The molecule has 4 N–H and O–H groups in total. The second-order valence-electron chi connectivity index (χ2n) is 7.41. The van der Waals surface area contributed by atoms with Gasteiger partial charge in [-0.1, -0.05) is 0 Å². The monoisotopic (exact) mass is 401 g/mol. The second-order valence-corrected chi connectivity index (χ2v) is 7.41. The molecular formula is C18H26F3N5O2. The summed E-state index contributed by atoms with van der Waals surface area (Å²) in [5.74, 6) is -0.731.